The third-order valence-electron chi connectivity index (χ3n) is 3.14. The smallest absolute Gasteiger partial charge is 0.00155 e. The fourth-order valence-electron chi connectivity index (χ4n) is 2.15. The quantitative estimate of drug-likeness (QED) is 0.641. The standard InChI is InChI=1S/C12H27N/c1-6-11(7-2)12(10(4)5)9-13-8-3/h10-13H,6-9H2,1-5H3. The average Bonchev–Trinajstić information content (AvgIpc) is 2.11. The molecule has 0 amide bonds. The van der Waals surface area contributed by atoms with Crippen LogP contribution in [0.4, 0.5) is 0 Å². The maximum Gasteiger partial charge on any atom is -0.00155 e. The zero-order valence-corrected chi connectivity index (χ0v) is 10.1. The summed E-state index contributed by atoms with van der Waals surface area (Å²) in [5.74, 6) is 2.57. The summed E-state index contributed by atoms with van der Waals surface area (Å²) in [5.41, 5.74) is 0. The van der Waals surface area contributed by atoms with Crippen molar-refractivity contribution in [1.29, 1.82) is 0 Å². The van der Waals surface area contributed by atoms with Crippen molar-refractivity contribution < 1.29 is 0 Å². The lowest BCUT2D eigenvalue weighted by Crippen LogP contribution is -2.31. The summed E-state index contributed by atoms with van der Waals surface area (Å²) in [4.78, 5) is 0. The van der Waals surface area contributed by atoms with Gasteiger partial charge >= 0.3 is 0 Å². The Hall–Kier alpha value is -0.0400. The molecule has 0 radical (unpaired) electrons. The van der Waals surface area contributed by atoms with Gasteiger partial charge in [-0.15, -0.1) is 0 Å². The topological polar surface area (TPSA) is 12.0 Å². The molecule has 0 fully saturated rings. The van der Waals surface area contributed by atoms with E-state index in [2.05, 4.69) is 39.9 Å². The third kappa shape index (κ3) is 4.66. The van der Waals surface area contributed by atoms with Crippen molar-refractivity contribution in [1.82, 2.24) is 5.32 Å². The maximum atomic E-state index is 3.48. The van der Waals surface area contributed by atoms with Gasteiger partial charge in [-0.2, -0.15) is 0 Å². The molecule has 0 spiro atoms. The first-order chi connectivity index (χ1) is 6.17. The molecular weight excluding hydrogens is 158 g/mol. The summed E-state index contributed by atoms with van der Waals surface area (Å²) in [6, 6.07) is 0. The highest BCUT2D eigenvalue weighted by molar-refractivity contribution is 4.73. The number of hydrogen-bond donors (Lipinski definition) is 1. The van der Waals surface area contributed by atoms with Crippen LogP contribution >= 0.6 is 0 Å². The fraction of sp³-hybridized carbons (Fsp3) is 1.00. The van der Waals surface area contributed by atoms with Crippen LogP contribution in [0.1, 0.15) is 47.5 Å². The minimum Gasteiger partial charge on any atom is -0.317 e. The lowest BCUT2D eigenvalue weighted by Gasteiger charge is -2.29. The molecule has 1 nitrogen and oxygen atoms in total. The largest absolute Gasteiger partial charge is 0.317 e. The van der Waals surface area contributed by atoms with Crippen molar-refractivity contribution in [2.75, 3.05) is 13.1 Å². The summed E-state index contributed by atoms with van der Waals surface area (Å²) in [6.45, 7) is 13.8. The highest BCUT2D eigenvalue weighted by Gasteiger charge is 2.20. The molecular formula is C12H27N. The Bertz CT molecular complexity index is 106. The highest BCUT2D eigenvalue weighted by atomic mass is 14.8. The lowest BCUT2D eigenvalue weighted by atomic mass is 9.80. The van der Waals surface area contributed by atoms with Crippen LogP contribution in [0.25, 0.3) is 0 Å². The van der Waals surface area contributed by atoms with Crippen molar-refractivity contribution >= 4 is 0 Å². The molecule has 13 heavy (non-hydrogen) atoms. The molecule has 0 aliphatic heterocycles. The predicted octanol–water partition coefficient (Wildman–Crippen LogP) is 3.30. The van der Waals surface area contributed by atoms with Gasteiger partial charge in [-0.05, 0) is 30.8 Å². The summed E-state index contributed by atoms with van der Waals surface area (Å²) in [6.07, 6.45) is 2.65. The SMILES string of the molecule is CCNCC(C(C)C)C(CC)CC. The lowest BCUT2D eigenvalue weighted by molar-refractivity contribution is 0.232. The summed E-state index contributed by atoms with van der Waals surface area (Å²) < 4.78 is 0. The van der Waals surface area contributed by atoms with Gasteiger partial charge in [0.05, 0.1) is 0 Å². The molecule has 0 rings (SSSR count). The Morgan fingerprint density at radius 2 is 1.54 bits per heavy atom. The predicted molar refractivity (Wildman–Crippen MR) is 60.9 cm³/mol. The Balaban J connectivity index is 4.04. The second-order valence-corrected chi connectivity index (χ2v) is 4.29. The summed E-state index contributed by atoms with van der Waals surface area (Å²) in [7, 11) is 0. The Morgan fingerprint density at radius 1 is 1.00 bits per heavy atom. The molecule has 0 aliphatic carbocycles. The molecule has 1 atom stereocenters. The van der Waals surface area contributed by atoms with Crippen LogP contribution in [0.5, 0.6) is 0 Å². The molecule has 0 saturated carbocycles. The molecule has 1 N–H and O–H groups in total. The molecule has 1 unspecified atom stereocenters. The average molecular weight is 185 g/mol. The van der Waals surface area contributed by atoms with Crippen molar-refractivity contribution in [3.63, 3.8) is 0 Å². The molecule has 0 bridgehead atoms. The van der Waals surface area contributed by atoms with E-state index in [1.807, 2.05) is 0 Å². The minimum absolute atomic E-state index is 0.809. The van der Waals surface area contributed by atoms with Gasteiger partial charge in [0.15, 0.2) is 0 Å². The van der Waals surface area contributed by atoms with E-state index in [1.165, 1.54) is 19.4 Å². The molecule has 0 heterocycles. The van der Waals surface area contributed by atoms with E-state index in [0.717, 1.165) is 24.3 Å². The Kier molecular flexibility index (Phi) is 7.35. The van der Waals surface area contributed by atoms with Crippen LogP contribution in [-0.4, -0.2) is 13.1 Å². The van der Waals surface area contributed by atoms with Gasteiger partial charge in [0.1, 0.15) is 0 Å². The van der Waals surface area contributed by atoms with Crippen molar-refractivity contribution in [2.24, 2.45) is 17.8 Å². The van der Waals surface area contributed by atoms with Crippen molar-refractivity contribution in [3.05, 3.63) is 0 Å². The van der Waals surface area contributed by atoms with Gasteiger partial charge < -0.3 is 5.32 Å². The zero-order chi connectivity index (χ0) is 10.3. The van der Waals surface area contributed by atoms with Crippen LogP contribution in [0.3, 0.4) is 0 Å². The van der Waals surface area contributed by atoms with E-state index in [1.54, 1.807) is 0 Å². The van der Waals surface area contributed by atoms with Gasteiger partial charge in [-0.25, -0.2) is 0 Å². The molecule has 80 valence electrons. The molecule has 0 aromatic carbocycles. The van der Waals surface area contributed by atoms with Crippen molar-refractivity contribution in [2.45, 2.75) is 47.5 Å². The van der Waals surface area contributed by atoms with Gasteiger partial charge in [-0.3, -0.25) is 0 Å². The summed E-state index contributed by atoms with van der Waals surface area (Å²) >= 11 is 0. The van der Waals surface area contributed by atoms with Crippen LogP contribution < -0.4 is 5.32 Å². The molecule has 0 aliphatic rings. The van der Waals surface area contributed by atoms with Crippen LogP contribution in [0, 0.1) is 17.8 Å². The number of rotatable bonds is 7. The molecule has 0 aromatic rings. The third-order valence-corrected chi connectivity index (χ3v) is 3.14. The summed E-state index contributed by atoms with van der Waals surface area (Å²) in [5, 5.41) is 3.48. The van der Waals surface area contributed by atoms with Gasteiger partial charge in [-0.1, -0.05) is 47.5 Å². The number of hydrogen-bond acceptors (Lipinski definition) is 1. The second kappa shape index (κ2) is 7.37. The Morgan fingerprint density at radius 3 is 1.85 bits per heavy atom. The van der Waals surface area contributed by atoms with Gasteiger partial charge in [0.2, 0.25) is 0 Å². The monoisotopic (exact) mass is 185 g/mol. The van der Waals surface area contributed by atoms with E-state index in [0.29, 0.717) is 0 Å². The van der Waals surface area contributed by atoms with E-state index in [4.69, 9.17) is 0 Å². The fourth-order valence-corrected chi connectivity index (χ4v) is 2.15. The Labute approximate surface area is 84.3 Å². The maximum absolute atomic E-state index is 3.48. The normalized spacial score (nSPS) is 14.1. The second-order valence-electron chi connectivity index (χ2n) is 4.29. The van der Waals surface area contributed by atoms with E-state index < -0.39 is 0 Å². The molecule has 1 heteroatoms. The molecule has 0 aromatic heterocycles. The van der Waals surface area contributed by atoms with Crippen LogP contribution in [0.15, 0.2) is 0 Å². The van der Waals surface area contributed by atoms with E-state index >= 15 is 0 Å². The van der Waals surface area contributed by atoms with E-state index in [9.17, 15) is 0 Å². The first-order valence-corrected chi connectivity index (χ1v) is 5.87. The first-order valence-electron chi connectivity index (χ1n) is 5.87. The minimum atomic E-state index is 0.809. The van der Waals surface area contributed by atoms with Crippen LogP contribution in [-0.2, 0) is 0 Å². The van der Waals surface area contributed by atoms with Crippen LogP contribution in [0.2, 0.25) is 0 Å². The van der Waals surface area contributed by atoms with Gasteiger partial charge in [0.25, 0.3) is 0 Å². The van der Waals surface area contributed by atoms with Gasteiger partial charge in [0, 0.05) is 0 Å². The van der Waals surface area contributed by atoms with E-state index in [-0.39, 0.29) is 0 Å². The number of nitrogens with one attached hydrogen (secondary N) is 1. The first kappa shape index (κ1) is 13.0. The zero-order valence-electron chi connectivity index (χ0n) is 10.1. The highest BCUT2D eigenvalue weighted by Crippen LogP contribution is 2.25. The van der Waals surface area contributed by atoms with Crippen molar-refractivity contribution in [3.8, 4) is 0 Å². The molecule has 0 saturated heterocycles.